The van der Waals surface area contributed by atoms with E-state index in [-0.39, 0.29) is 30.0 Å². The minimum Gasteiger partial charge on any atom is -0.382 e. The van der Waals surface area contributed by atoms with Crippen LogP contribution in [0.25, 0.3) is 0 Å². The van der Waals surface area contributed by atoms with E-state index in [1.807, 2.05) is 0 Å². The lowest BCUT2D eigenvalue weighted by molar-refractivity contribution is 0.0698. The highest BCUT2D eigenvalue weighted by molar-refractivity contribution is 14.0. The fourth-order valence-electron chi connectivity index (χ4n) is 2.52. The van der Waals surface area contributed by atoms with E-state index in [2.05, 4.69) is 60.7 Å². The van der Waals surface area contributed by atoms with Crippen LogP contribution in [-0.2, 0) is 15.9 Å². The zero-order valence-electron chi connectivity index (χ0n) is 16.9. The van der Waals surface area contributed by atoms with Crippen LogP contribution >= 0.6 is 24.0 Å². The van der Waals surface area contributed by atoms with E-state index < -0.39 is 0 Å². The van der Waals surface area contributed by atoms with Crippen molar-refractivity contribution in [2.45, 2.75) is 39.7 Å². The molecule has 0 aromatic heterocycles. The van der Waals surface area contributed by atoms with Crippen LogP contribution in [0, 0.1) is 5.92 Å². The van der Waals surface area contributed by atoms with Crippen LogP contribution in [0.5, 0.6) is 0 Å². The molecule has 6 heteroatoms. The Balaban J connectivity index is 0.00000625. The molecule has 0 aliphatic carbocycles. The van der Waals surface area contributed by atoms with E-state index in [4.69, 9.17) is 9.47 Å². The average molecular weight is 477 g/mol. The van der Waals surface area contributed by atoms with Gasteiger partial charge >= 0.3 is 0 Å². The van der Waals surface area contributed by atoms with E-state index in [1.54, 1.807) is 14.2 Å². The number of guanidine groups is 1. The molecule has 0 heterocycles. The Labute approximate surface area is 176 Å². The van der Waals surface area contributed by atoms with Gasteiger partial charge < -0.3 is 20.1 Å². The van der Waals surface area contributed by atoms with E-state index in [9.17, 15) is 0 Å². The summed E-state index contributed by atoms with van der Waals surface area (Å²) in [5.41, 5.74) is 2.65. The smallest absolute Gasteiger partial charge is 0.191 e. The number of nitrogens with zero attached hydrogens (tertiary/aromatic N) is 1. The Morgan fingerprint density at radius 3 is 2.35 bits per heavy atom. The van der Waals surface area contributed by atoms with Crippen molar-refractivity contribution < 1.29 is 9.47 Å². The number of methoxy groups -OCH3 is 1. The lowest BCUT2D eigenvalue weighted by Gasteiger charge is -2.19. The second-order valence-corrected chi connectivity index (χ2v) is 6.66. The Morgan fingerprint density at radius 1 is 1.08 bits per heavy atom. The zero-order valence-corrected chi connectivity index (χ0v) is 19.2. The molecule has 0 saturated heterocycles. The lowest BCUT2D eigenvalue weighted by Crippen LogP contribution is -2.39. The van der Waals surface area contributed by atoms with Gasteiger partial charge in [-0.15, -0.1) is 24.0 Å². The number of benzene rings is 1. The van der Waals surface area contributed by atoms with Crippen LogP contribution in [0.2, 0.25) is 0 Å². The number of hydrogen-bond donors (Lipinski definition) is 2. The predicted octanol–water partition coefficient (Wildman–Crippen LogP) is 3.78. The van der Waals surface area contributed by atoms with Gasteiger partial charge in [-0.05, 0) is 36.8 Å². The highest BCUT2D eigenvalue weighted by Crippen LogP contribution is 2.15. The lowest BCUT2D eigenvalue weighted by atomic mass is 10.00. The average Bonchev–Trinajstić information content (AvgIpc) is 2.59. The molecule has 0 bridgehead atoms. The highest BCUT2D eigenvalue weighted by Gasteiger charge is 2.08. The fraction of sp³-hybridized carbons (Fsp3) is 0.650. The quantitative estimate of drug-likeness (QED) is 0.221. The molecule has 0 spiro atoms. The molecule has 2 N–H and O–H groups in total. The monoisotopic (exact) mass is 477 g/mol. The summed E-state index contributed by atoms with van der Waals surface area (Å²) < 4.78 is 10.4. The Morgan fingerprint density at radius 2 is 1.77 bits per heavy atom. The third kappa shape index (κ3) is 11.0. The molecule has 26 heavy (non-hydrogen) atoms. The molecule has 1 rings (SSSR count). The number of rotatable bonds is 11. The van der Waals surface area contributed by atoms with Gasteiger partial charge in [-0.2, -0.15) is 0 Å². The standard InChI is InChI=1S/C20H35N3O2.HI/c1-16(2)15-18-7-9-19(10-8-18)17(3)23-20(21-4)22-11-6-12-25-14-13-24-5;/h7-10,16-17H,6,11-15H2,1-5H3,(H2,21,22,23);1H. The number of ether oxygens (including phenoxy) is 2. The van der Waals surface area contributed by atoms with Gasteiger partial charge in [-0.3, -0.25) is 4.99 Å². The molecule has 0 aliphatic rings. The van der Waals surface area contributed by atoms with Crippen molar-refractivity contribution in [2.24, 2.45) is 10.9 Å². The Bertz CT molecular complexity index is 492. The summed E-state index contributed by atoms with van der Waals surface area (Å²) in [6.07, 6.45) is 2.06. The van der Waals surface area contributed by atoms with Crippen molar-refractivity contribution in [1.82, 2.24) is 10.6 Å². The first kappa shape index (κ1) is 25.1. The first-order valence-electron chi connectivity index (χ1n) is 9.19. The molecule has 150 valence electrons. The number of aliphatic imine (C=N–C) groups is 1. The molecule has 1 atom stereocenters. The summed E-state index contributed by atoms with van der Waals surface area (Å²) >= 11 is 0. The second kappa shape index (κ2) is 15.2. The molecular formula is C20H36IN3O2. The van der Waals surface area contributed by atoms with Crippen molar-refractivity contribution in [2.75, 3.05) is 40.5 Å². The third-order valence-corrected chi connectivity index (χ3v) is 3.89. The second-order valence-electron chi connectivity index (χ2n) is 6.66. The van der Waals surface area contributed by atoms with Crippen molar-refractivity contribution in [3.05, 3.63) is 35.4 Å². The first-order valence-corrected chi connectivity index (χ1v) is 9.19. The summed E-state index contributed by atoms with van der Waals surface area (Å²) in [4.78, 5) is 4.29. The molecule has 0 saturated carbocycles. The van der Waals surface area contributed by atoms with Crippen LogP contribution < -0.4 is 10.6 Å². The largest absolute Gasteiger partial charge is 0.382 e. The number of nitrogens with one attached hydrogen (secondary N) is 2. The van der Waals surface area contributed by atoms with E-state index in [0.29, 0.717) is 19.1 Å². The fourth-order valence-corrected chi connectivity index (χ4v) is 2.52. The molecule has 1 unspecified atom stereocenters. The van der Waals surface area contributed by atoms with E-state index in [1.165, 1.54) is 11.1 Å². The first-order chi connectivity index (χ1) is 12.1. The highest BCUT2D eigenvalue weighted by atomic mass is 127. The summed E-state index contributed by atoms with van der Waals surface area (Å²) in [6, 6.07) is 9.05. The van der Waals surface area contributed by atoms with Gasteiger partial charge in [0, 0.05) is 27.3 Å². The summed E-state index contributed by atoms with van der Waals surface area (Å²) in [5, 5.41) is 6.76. The Kier molecular flexibility index (Phi) is 14.7. The summed E-state index contributed by atoms with van der Waals surface area (Å²) in [6.45, 7) is 9.48. The topological polar surface area (TPSA) is 54.9 Å². The molecule has 1 aromatic rings. The maximum Gasteiger partial charge on any atom is 0.191 e. The summed E-state index contributed by atoms with van der Waals surface area (Å²) in [7, 11) is 3.47. The van der Waals surface area contributed by atoms with Gasteiger partial charge in [0.25, 0.3) is 0 Å². The molecule has 0 radical (unpaired) electrons. The van der Waals surface area contributed by atoms with Crippen molar-refractivity contribution >= 4 is 29.9 Å². The van der Waals surface area contributed by atoms with Crippen LogP contribution in [0.4, 0.5) is 0 Å². The minimum absolute atomic E-state index is 0. The van der Waals surface area contributed by atoms with Gasteiger partial charge in [0.05, 0.1) is 19.3 Å². The van der Waals surface area contributed by atoms with Crippen molar-refractivity contribution in [3.8, 4) is 0 Å². The molecule has 5 nitrogen and oxygen atoms in total. The molecule has 1 aromatic carbocycles. The van der Waals surface area contributed by atoms with Gasteiger partial charge in [0.2, 0.25) is 0 Å². The SMILES string of the molecule is CN=C(NCCCOCCOC)NC(C)c1ccc(CC(C)C)cc1.I. The normalized spacial score (nSPS) is 12.6. The van der Waals surface area contributed by atoms with Gasteiger partial charge in [-0.1, -0.05) is 38.1 Å². The van der Waals surface area contributed by atoms with Crippen LogP contribution in [-0.4, -0.2) is 46.5 Å². The molecule has 0 amide bonds. The van der Waals surface area contributed by atoms with Gasteiger partial charge in [0.1, 0.15) is 0 Å². The van der Waals surface area contributed by atoms with Crippen LogP contribution in [0.3, 0.4) is 0 Å². The molecular weight excluding hydrogens is 441 g/mol. The molecule has 0 aliphatic heterocycles. The summed E-state index contributed by atoms with van der Waals surface area (Å²) in [5.74, 6) is 1.50. The third-order valence-electron chi connectivity index (χ3n) is 3.89. The van der Waals surface area contributed by atoms with Gasteiger partial charge in [-0.25, -0.2) is 0 Å². The molecule has 0 fully saturated rings. The van der Waals surface area contributed by atoms with Crippen molar-refractivity contribution in [3.63, 3.8) is 0 Å². The van der Waals surface area contributed by atoms with Crippen molar-refractivity contribution in [1.29, 1.82) is 0 Å². The Hall–Kier alpha value is -0.860. The van der Waals surface area contributed by atoms with Crippen LogP contribution in [0.15, 0.2) is 29.3 Å². The van der Waals surface area contributed by atoms with E-state index in [0.717, 1.165) is 32.0 Å². The van der Waals surface area contributed by atoms with Gasteiger partial charge in [0.15, 0.2) is 5.96 Å². The van der Waals surface area contributed by atoms with E-state index >= 15 is 0 Å². The maximum absolute atomic E-state index is 5.45. The minimum atomic E-state index is 0. The number of hydrogen-bond acceptors (Lipinski definition) is 3. The number of halogens is 1. The maximum atomic E-state index is 5.45. The predicted molar refractivity (Wildman–Crippen MR) is 121 cm³/mol. The van der Waals surface area contributed by atoms with Crippen LogP contribution in [0.1, 0.15) is 44.4 Å². The zero-order chi connectivity index (χ0) is 18.5.